The van der Waals surface area contributed by atoms with Crippen LogP contribution in [0.15, 0.2) is 30.3 Å². The van der Waals surface area contributed by atoms with Crippen LogP contribution in [0.25, 0.3) is 0 Å². The van der Waals surface area contributed by atoms with Crippen LogP contribution in [-0.2, 0) is 9.53 Å². The molecule has 1 unspecified atom stereocenters. The first-order valence-electron chi connectivity index (χ1n) is 5.88. The highest BCUT2D eigenvalue weighted by Crippen LogP contribution is 2.16. The summed E-state index contributed by atoms with van der Waals surface area (Å²) in [5, 5.41) is 5.82. The largest absolute Gasteiger partial charge is 0.364 e. The van der Waals surface area contributed by atoms with E-state index in [4.69, 9.17) is 4.74 Å². The molecule has 2 N–H and O–H groups in total. The van der Waals surface area contributed by atoms with Gasteiger partial charge in [0.05, 0.1) is 0 Å². The molecule has 102 valence electrons. The minimum Gasteiger partial charge on any atom is -0.364 e. The summed E-state index contributed by atoms with van der Waals surface area (Å²) in [6.45, 7) is 3.75. The molecule has 1 amide bonds. The summed E-state index contributed by atoms with van der Waals surface area (Å²) in [5.41, 5.74) is 0.885. The number of nitrogens with one attached hydrogen (secondary N) is 2. The van der Waals surface area contributed by atoms with Crippen LogP contribution < -0.4 is 10.6 Å². The number of amides is 1. The first-order valence-corrected chi connectivity index (χ1v) is 5.88. The number of likely N-dealkylation sites (N-methyl/N-ethyl adjacent to an activating group) is 1. The average Bonchev–Trinajstić information content (AvgIpc) is 2.37. The molecule has 1 atom stereocenters. The summed E-state index contributed by atoms with van der Waals surface area (Å²) in [6.07, 6.45) is -0.516. The van der Waals surface area contributed by atoms with E-state index < -0.39 is 6.10 Å². The quantitative estimate of drug-likeness (QED) is 0.740. The van der Waals surface area contributed by atoms with Gasteiger partial charge in [0.15, 0.2) is 6.10 Å². The zero-order valence-corrected chi connectivity index (χ0v) is 11.6. The monoisotopic (exact) mass is 272 g/mol. The van der Waals surface area contributed by atoms with Gasteiger partial charge in [-0.1, -0.05) is 30.3 Å². The Morgan fingerprint density at radius 3 is 2.50 bits per heavy atom. The fourth-order valence-corrected chi connectivity index (χ4v) is 1.52. The second kappa shape index (κ2) is 9.88. The molecule has 5 heteroatoms. The SMILES string of the molecule is CCOC(C(=O)NCCNC)c1ccccc1.Cl. The maximum atomic E-state index is 11.9. The molecule has 1 aromatic rings. The predicted octanol–water partition coefficient (Wildman–Crippen LogP) is 1.52. The molecule has 0 saturated heterocycles. The molecule has 1 aromatic carbocycles. The summed E-state index contributed by atoms with van der Waals surface area (Å²) in [7, 11) is 1.85. The highest BCUT2D eigenvalue weighted by atomic mass is 35.5. The minimum atomic E-state index is -0.516. The fourth-order valence-electron chi connectivity index (χ4n) is 1.52. The molecule has 0 aromatic heterocycles. The molecule has 0 aliphatic rings. The first-order chi connectivity index (χ1) is 8.29. The third-order valence-electron chi connectivity index (χ3n) is 2.35. The Labute approximate surface area is 115 Å². The van der Waals surface area contributed by atoms with Crippen molar-refractivity contribution >= 4 is 18.3 Å². The molecule has 0 bridgehead atoms. The van der Waals surface area contributed by atoms with Crippen molar-refractivity contribution in [3.05, 3.63) is 35.9 Å². The smallest absolute Gasteiger partial charge is 0.253 e. The Morgan fingerprint density at radius 2 is 1.94 bits per heavy atom. The van der Waals surface area contributed by atoms with Crippen LogP contribution in [0.1, 0.15) is 18.6 Å². The number of hydrogen-bond acceptors (Lipinski definition) is 3. The van der Waals surface area contributed by atoms with Gasteiger partial charge >= 0.3 is 0 Å². The van der Waals surface area contributed by atoms with Crippen molar-refractivity contribution in [2.75, 3.05) is 26.7 Å². The second-order valence-corrected chi connectivity index (χ2v) is 3.64. The van der Waals surface area contributed by atoms with E-state index >= 15 is 0 Å². The van der Waals surface area contributed by atoms with Crippen LogP contribution in [0.2, 0.25) is 0 Å². The zero-order valence-electron chi connectivity index (χ0n) is 10.8. The maximum Gasteiger partial charge on any atom is 0.253 e. The van der Waals surface area contributed by atoms with E-state index in [1.807, 2.05) is 44.3 Å². The standard InChI is InChI=1S/C13H20N2O2.ClH/c1-3-17-12(11-7-5-4-6-8-11)13(16)15-10-9-14-2;/h4-8,12,14H,3,9-10H2,1-2H3,(H,15,16);1H. The van der Waals surface area contributed by atoms with E-state index in [2.05, 4.69) is 10.6 Å². The molecule has 0 aliphatic carbocycles. The van der Waals surface area contributed by atoms with Crippen LogP contribution >= 0.6 is 12.4 Å². The van der Waals surface area contributed by atoms with E-state index in [-0.39, 0.29) is 18.3 Å². The van der Waals surface area contributed by atoms with Crippen LogP contribution in [0.4, 0.5) is 0 Å². The topological polar surface area (TPSA) is 50.4 Å². The van der Waals surface area contributed by atoms with Gasteiger partial charge in [-0.25, -0.2) is 0 Å². The highest BCUT2D eigenvalue weighted by molar-refractivity contribution is 5.85. The van der Waals surface area contributed by atoms with Crippen molar-refractivity contribution in [1.82, 2.24) is 10.6 Å². The summed E-state index contributed by atoms with van der Waals surface area (Å²) in [4.78, 5) is 11.9. The van der Waals surface area contributed by atoms with Gasteiger partial charge in [-0.2, -0.15) is 0 Å². The van der Waals surface area contributed by atoms with E-state index in [0.29, 0.717) is 13.2 Å². The van der Waals surface area contributed by atoms with Crippen molar-refractivity contribution in [2.24, 2.45) is 0 Å². The van der Waals surface area contributed by atoms with Gasteiger partial charge in [-0.15, -0.1) is 12.4 Å². The Morgan fingerprint density at radius 1 is 1.28 bits per heavy atom. The number of benzene rings is 1. The molecule has 0 radical (unpaired) electrons. The Kier molecular flexibility index (Phi) is 9.28. The molecule has 1 rings (SSSR count). The summed E-state index contributed by atoms with van der Waals surface area (Å²) >= 11 is 0. The van der Waals surface area contributed by atoms with Gasteiger partial charge < -0.3 is 15.4 Å². The molecule has 0 aliphatic heterocycles. The summed E-state index contributed by atoms with van der Waals surface area (Å²) < 4.78 is 5.49. The van der Waals surface area contributed by atoms with Gasteiger partial charge in [-0.05, 0) is 19.5 Å². The van der Waals surface area contributed by atoms with E-state index in [1.165, 1.54) is 0 Å². The Balaban J connectivity index is 0.00000289. The van der Waals surface area contributed by atoms with Crippen molar-refractivity contribution in [2.45, 2.75) is 13.0 Å². The molecule has 0 saturated carbocycles. The molecule has 0 heterocycles. The molecule has 4 nitrogen and oxygen atoms in total. The molecule has 0 spiro atoms. The van der Waals surface area contributed by atoms with Crippen LogP contribution in [0.5, 0.6) is 0 Å². The van der Waals surface area contributed by atoms with Crippen molar-refractivity contribution < 1.29 is 9.53 Å². The van der Waals surface area contributed by atoms with Gasteiger partial charge in [0.1, 0.15) is 0 Å². The van der Waals surface area contributed by atoms with Crippen molar-refractivity contribution in [3.63, 3.8) is 0 Å². The van der Waals surface area contributed by atoms with Crippen LogP contribution in [0.3, 0.4) is 0 Å². The number of rotatable bonds is 7. The number of carbonyl (C=O) groups is 1. The summed E-state index contributed by atoms with van der Waals surface area (Å²) in [5.74, 6) is -0.0895. The number of carbonyl (C=O) groups excluding carboxylic acids is 1. The lowest BCUT2D eigenvalue weighted by molar-refractivity contribution is -0.132. The highest BCUT2D eigenvalue weighted by Gasteiger charge is 2.19. The van der Waals surface area contributed by atoms with E-state index in [0.717, 1.165) is 12.1 Å². The summed E-state index contributed by atoms with van der Waals surface area (Å²) in [6, 6.07) is 9.53. The van der Waals surface area contributed by atoms with Crippen molar-refractivity contribution in [1.29, 1.82) is 0 Å². The Hall–Kier alpha value is -1.10. The fraction of sp³-hybridized carbons (Fsp3) is 0.462. The number of halogens is 1. The van der Waals surface area contributed by atoms with Gasteiger partial charge in [0, 0.05) is 19.7 Å². The van der Waals surface area contributed by atoms with Crippen LogP contribution in [-0.4, -0.2) is 32.7 Å². The third kappa shape index (κ3) is 5.49. The molecule has 0 fully saturated rings. The minimum absolute atomic E-state index is 0. The number of hydrogen-bond donors (Lipinski definition) is 2. The van der Waals surface area contributed by atoms with Crippen LogP contribution in [0, 0.1) is 0 Å². The second-order valence-electron chi connectivity index (χ2n) is 3.64. The lowest BCUT2D eigenvalue weighted by Crippen LogP contribution is -2.35. The maximum absolute atomic E-state index is 11.9. The lowest BCUT2D eigenvalue weighted by Gasteiger charge is -2.17. The predicted molar refractivity (Wildman–Crippen MR) is 75.0 cm³/mol. The van der Waals surface area contributed by atoms with Gasteiger partial charge in [0.2, 0.25) is 0 Å². The molecular weight excluding hydrogens is 252 g/mol. The normalized spacial score (nSPS) is 11.4. The zero-order chi connectivity index (χ0) is 12.5. The molecule has 18 heavy (non-hydrogen) atoms. The number of ether oxygens (including phenoxy) is 1. The van der Waals surface area contributed by atoms with Gasteiger partial charge in [-0.3, -0.25) is 4.79 Å². The van der Waals surface area contributed by atoms with E-state index in [9.17, 15) is 4.79 Å². The van der Waals surface area contributed by atoms with Gasteiger partial charge in [0.25, 0.3) is 5.91 Å². The first kappa shape index (κ1) is 16.9. The lowest BCUT2D eigenvalue weighted by atomic mass is 10.1. The third-order valence-corrected chi connectivity index (χ3v) is 2.35. The molecular formula is C13H21ClN2O2. The van der Waals surface area contributed by atoms with Crippen molar-refractivity contribution in [3.8, 4) is 0 Å². The van der Waals surface area contributed by atoms with E-state index in [1.54, 1.807) is 0 Å². The Bertz CT molecular complexity index is 333. The average molecular weight is 273 g/mol.